The van der Waals surface area contributed by atoms with E-state index in [0.29, 0.717) is 18.0 Å². The maximum atomic E-state index is 10.9. The van der Waals surface area contributed by atoms with Gasteiger partial charge in [-0.1, -0.05) is 6.92 Å². The van der Waals surface area contributed by atoms with Gasteiger partial charge in [0.15, 0.2) is 0 Å². The fraction of sp³-hybridized carbons (Fsp3) is 0.200. The highest BCUT2D eigenvalue weighted by Crippen LogP contribution is 2.38. The third-order valence-corrected chi connectivity index (χ3v) is 5.33. The Morgan fingerprint density at radius 2 is 2.29 bits per heavy atom. The van der Waals surface area contributed by atoms with E-state index in [1.807, 2.05) is 13.0 Å². The zero-order valence-electron chi connectivity index (χ0n) is 8.66. The number of nitrogens with zero attached hydrogens (tertiary/aromatic N) is 1. The van der Waals surface area contributed by atoms with Gasteiger partial charge in [-0.25, -0.2) is 9.78 Å². The highest BCUT2D eigenvalue weighted by atomic mass is 79.9. The molecule has 0 radical (unpaired) electrons. The molecule has 0 aliphatic carbocycles. The Kier molecular flexibility index (Phi) is 3.70. The van der Waals surface area contributed by atoms with Crippen molar-refractivity contribution < 1.29 is 14.3 Å². The molecule has 1 N–H and O–H groups in total. The van der Waals surface area contributed by atoms with Crippen molar-refractivity contribution in [3.05, 3.63) is 25.8 Å². The molecule has 0 aromatic carbocycles. The number of aromatic nitrogens is 1. The van der Waals surface area contributed by atoms with Crippen LogP contribution in [0.15, 0.2) is 18.7 Å². The second kappa shape index (κ2) is 4.91. The summed E-state index contributed by atoms with van der Waals surface area (Å²) in [5.41, 5.74) is 0.466. The van der Waals surface area contributed by atoms with Gasteiger partial charge >= 0.3 is 5.97 Å². The predicted molar refractivity (Wildman–Crippen MR) is 71.6 cm³/mol. The molecular weight excluding hydrogens is 374 g/mol. The molecule has 2 aromatic rings. The van der Waals surface area contributed by atoms with Crippen molar-refractivity contribution in [2.24, 2.45) is 0 Å². The lowest BCUT2D eigenvalue weighted by Gasteiger charge is -1.88. The van der Waals surface area contributed by atoms with Crippen LogP contribution in [-0.4, -0.2) is 16.1 Å². The lowest BCUT2D eigenvalue weighted by molar-refractivity contribution is 0.0662. The highest BCUT2D eigenvalue weighted by Gasteiger charge is 2.20. The zero-order chi connectivity index (χ0) is 12.6. The first-order chi connectivity index (χ1) is 8.02. The number of carbonyl (C=O) groups is 1. The van der Waals surface area contributed by atoms with E-state index < -0.39 is 5.97 Å². The number of hydrogen-bond donors (Lipinski definition) is 1. The van der Waals surface area contributed by atoms with Crippen LogP contribution in [0.5, 0.6) is 0 Å². The topological polar surface area (TPSA) is 63.3 Å². The molecule has 0 saturated carbocycles. The minimum atomic E-state index is -1.09. The number of aromatic carboxylic acids is 1. The number of carboxylic acid groups (broad SMARTS) is 1. The summed E-state index contributed by atoms with van der Waals surface area (Å²) in [6, 6.07) is 1.84. The molecule has 7 heteroatoms. The Labute approximate surface area is 118 Å². The summed E-state index contributed by atoms with van der Waals surface area (Å²) in [6.45, 7) is 1.84. The Balaban J connectivity index is 2.49. The third-order valence-electron chi connectivity index (χ3n) is 2.08. The Bertz CT molecular complexity index is 557. The second-order valence-electron chi connectivity index (χ2n) is 3.19. The van der Waals surface area contributed by atoms with Gasteiger partial charge in [-0.15, -0.1) is 11.3 Å². The van der Waals surface area contributed by atoms with Gasteiger partial charge in [0.25, 0.3) is 0 Å². The molecule has 0 aliphatic rings. The van der Waals surface area contributed by atoms with Gasteiger partial charge in [0.1, 0.15) is 0 Å². The van der Waals surface area contributed by atoms with E-state index in [0.717, 1.165) is 13.1 Å². The van der Waals surface area contributed by atoms with Crippen molar-refractivity contribution in [3.8, 4) is 10.8 Å². The zero-order valence-corrected chi connectivity index (χ0v) is 12.6. The largest absolute Gasteiger partial charge is 0.475 e. The molecule has 0 spiro atoms. The van der Waals surface area contributed by atoms with Crippen LogP contribution in [0.4, 0.5) is 0 Å². The van der Waals surface area contributed by atoms with Crippen LogP contribution >= 0.6 is 43.2 Å². The molecule has 4 nitrogen and oxygen atoms in total. The van der Waals surface area contributed by atoms with Gasteiger partial charge in [-0.2, -0.15) is 0 Å². The third kappa shape index (κ3) is 2.46. The van der Waals surface area contributed by atoms with E-state index in [-0.39, 0.29) is 5.76 Å². The van der Waals surface area contributed by atoms with Gasteiger partial charge in [0, 0.05) is 4.47 Å². The lowest BCUT2D eigenvalue weighted by atomic mass is 10.3. The van der Waals surface area contributed by atoms with Crippen LogP contribution in [0.1, 0.15) is 23.2 Å². The van der Waals surface area contributed by atoms with Crippen molar-refractivity contribution in [1.82, 2.24) is 4.98 Å². The molecule has 0 unspecified atom stereocenters. The normalized spacial score (nSPS) is 10.8. The molecule has 90 valence electrons. The van der Waals surface area contributed by atoms with Crippen molar-refractivity contribution in [1.29, 1.82) is 0 Å². The summed E-state index contributed by atoms with van der Waals surface area (Å²) in [6.07, 6.45) is 0.527. The van der Waals surface area contributed by atoms with E-state index in [4.69, 9.17) is 9.52 Å². The molecule has 0 bridgehead atoms. The summed E-state index contributed by atoms with van der Waals surface area (Å²) in [5.74, 6) is -0.825. The fourth-order valence-corrected chi connectivity index (χ4v) is 3.28. The first kappa shape index (κ1) is 12.8. The summed E-state index contributed by atoms with van der Waals surface area (Å²) < 4.78 is 7.09. The SMILES string of the molecule is CCc1nc(-c2cc(Br)c(Br)s2)oc1C(=O)O. The second-order valence-corrected chi connectivity index (χ2v) is 6.41. The number of hydrogen-bond acceptors (Lipinski definition) is 4. The summed E-state index contributed by atoms with van der Waals surface area (Å²) in [5, 5.41) is 8.97. The average molecular weight is 381 g/mol. The number of aryl methyl sites for hydroxylation is 1. The van der Waals surface area contributed by atoms with Gasteiger partial charge in [0.05, 0.1) is 14.4 Å². The van der Waals surface area contributed by atoms with Crippen LogP contribution < -0.4 is 0 Å². The number of thiophene rings is 1. The monoisotopic (exact) mass is 379 g/mol. The van der Waals surface area contributed by atoms with Crippen LogP contribution in [0, 0.1) is 0 Å². The van der Waals surface area contributed by atoms with Crippen LogP contribution in [0.3, 0.4) is 0 Å². The number of oxazole rings is 1. The fourth-order valence-electron chi connectivity index (χ4n) is 1.32. The first-order valence-corrected chi connectivity index (χ1v) is 7.11. The average Bonchev–Trinajstić information content (AvgIpc) is 2.83. The smallest absolute Gasteiger partial charge is 0.373 e. The van der Waals surface area contributed by atoms with Crippen molar-refractivity contribution in [2.45, 2.75) is 13.3 Å². The van der Waals surface area contributed by atoms with E-state index in [2.05, 4.69) is 36.8 Å². The van der Waals surface area contributed by atoms with Crippen LogP contribution in [-0.2, 0) is 6.42 Å². The predicted octanol–water partition coefficient (Wildman–Crippen LogP) is 4.19. The van der Waals surface area contributed by atoms with Gasteiger partial charge in [-0.3, -0.25) is 0 Å². The van der Waals surface area contributed by atoms with Gasteiger partial charge in [-0.05, 0) is 44.3 Å². The van der Waals surface area contributed by atoms with Crippen LogP contribution in [0.25, 0.3) is 10.8 Å². The number of rotatable bonds is 3. The molecular formula is C10H7Br2NO3S. The number of carboxylic acids is 1. The minimum Gasteiger partial charge on any atom is -0.475 e. The molecule has 17 heavy (non-hydrogen) atoms. The molecule has 0 saturated heterocycles. The molecule has 0 atom stereocenters. The lowest BCUT2D eigenvalue weighted by Crippen LogP contribution is -1.98. The van der Waals surface area contributed by atoms with E-state index >= 15 is 0 Å². The molecule has 0 aliphatic heterocycles. The highest BCUT2D eigenvalue weighted by molar-refractivity contribution is 9.13. The molecule has 2 rings (SSSR count). The quantitative estimate of drug-likeness (QED) is 0.867. The standard InChI is InChI=1S/C10H7Br2NO3S/c1-2-5-7(10(14)15)16-9(13-5)6-3-4(11)8(12)17-6/h3H,2H2,1H3,(H,14,15). The Hall–Kier alpha value is -0.660. The summed E-state index contributed by atoms with van der Waals surface area (Å²) in [7, 11) is 0. The van der Waals surface area contributed by atoms with E-state index in [9.17, 15) is 4.79 Å². The Morgan fingerprint density at radius 3 is 2.71 bits per heavy atom. The first-order valence-electron chi connectivity index (χ1n) is 4.71. The van der Waals surface area contributed by atoms with Gasteiger partial charge in [0.2, 0.25) is 11.7 Å². The maximum absolute atomic E-state index is 10.9. The molecule has 2 heterocycles. The minimum absolute atomic E-state index is 0.0804. The van der Waals surface area contributed by atoms with Crippen LogP contribution in [0.2, 0.25) is 0 Å². The number of halogens is 2. The maximum Gasteiger partial charge on any atom is 0.373 e. The van der Waals surface area contributed by atoms with E-state index in [1.54, 1.807) is 0 Å². The van der Waals surface area contributed by atoms with Gasteiger partial charge < -0.3 is 9.52 Å². The van der Waals surface area contributed by atoms with Crippen molar-refractivity contribution >= 4 is 49.2 Å². The Morgan fingerprint density at radius 1 is 1.59 bits per heavy atom. The summed E-state index contributed by atoms with van der Waals surface area (Å²) in [4.78, 5) is 15.9. The van der Waals surface area contributed by atoms with Crippen molar-refractivity contribution in [3.63, 3.8) is 0 Å². The summed E-state index contributed by atoms with van der Waals surface area (Å²) >= 11 is 8.17. The molecule has 0 fully saturated rings. The molecule has 0 amide bonds. The van der Waals surface area contributed by atoms with E-state index in [1.165, 1.54) is 11.3 Å². The molecule has 2 aromatic heterocycles. The van der Waals surface area contributed by atoms with Crippen molar-refractivity contribution in [2.75, 3.05) is 0 Å².